The molecule has 0 spiro atoms. The fourth-order valence-electron chi connectivity index (χ4n) is 1.03. The van der Waals surface area contributed by atoms with Gasteiger partial charge in [-0.05, 0) is 30.0 Å². The van der Waals surface area contributed by atoms with Crippen molar-refractivity contribution in [2.45, 2.75) is 34.1 Å². The zero-order valence-electron chi connectivity index (χ0n) is 9.63. The van der Waals surface area contributed by atoms with Gasteiger partial charge in [0.05, 0.1) is 0 Å². The largest absolute Gasteiger partial charge is 0.144 e. The van der Waals surface area contributed by atoms with Crippen LogP contribution in [0.4, 0.5) is 0 Å². The highest BCUT2D eigenvalue weighted by Crippen LogP contribution is 1.90. The van der Waals surface area contributed by atoms with E-state index in [0.29, 0.717) is 0 Å². The van der Waals surface area contributed by atoms with E-state index in [1.54, 1.807) is 11.3 Å². The van der Waals surface area contributed by atoms with Crippen molar-refractivity contribution >= 4 is 23.5 Å². The van der Waals surface area contributed by atoms with Crippen LogP contribution < -0.4 is 9.75 Å². The summed E-state index contributed by atoms with van der Waals surface area (Å²) in [6.07, 6.45) is 7.27. The molecule has 0 aliphatic heterocycles. The van der Waals surface area contributed by atoms with Gasteiger partial charge in [0.2, 0.25) is 0 Å². The lowest BCUT2D eigenvalue weighted by Crippen LogP contribution is -2.19. The van der Waals surface area contributed by atoms with Gasteiger partial charge in [0.1, 0.15) is 0 Å². The van der Waals surface area contributed by atoms with Gasteiger partial charge in [-0.3, -0.25) is 0 Å². The zero-order valence-corrected chi connectivity index (χ0v) is 10.4. The molecule has 1 heteroatoms. The Balaban J connectivity index is 0.000000500. The molecule has 1 aromatic heterocycles. The Morgan fingerprint density at radius 3 is 2.43 bits per heavy atom. The maximum atomic E-state index is 3.69. The molecule has 0 atom stereocenters. The van der Waals surface area contributed by atoms with E-state index in [4.69, 9.17) is 0 Å². The molecule has 0 saturated heterocycles. The lowest BCUT2D eigenvalue weighted by molar-refractivity contribution is 1.09. The number of hydrogen-bond donors (Lipinski definition) is 0. The van der Waals surface area contributed by atoms with E-state index in [0.717, 1.165) is 0 Å². The predicted molar refractivity (Wildman–Crippen MR) is 69.1 cm³/mol. The highest BCUT2D eigenvalue weighted by atomic mass is 32.1. The quantitative estimate of drug-likeness (QED) is 0.664. The lowest BCUT2D eigenvalue weighted by Gasteiger charge is -1.79. The molecule has 78 valence electrons. The maximum Gasteiger partial charge on any atom is 0.0302 e. The van der Waals surface area contributed by atoms with E-state index in [1.165, 1.54) is 21.7 Å². The van der Waals surface area contributed by atoms with Crippen LogP contribution in [0.15, 0.2) is 18.0 Å². The van der Waals surface area contributed by atoms with Gasteiger partial charge in [0.15, 0.2) is 0 Å². The fourth-order valence-corrected chi connectivity index (χ4v) is 1.95. The standard InChI is InChI=1S/C10H12S.C3H8/c1-4-6-9-8(3)7-11-10(9)5-2;1-3-2/h4-7H,1H2,2-3H3;3H2,1-2H3/b9-6-,10-5+;. The third-order valence-corrected chi connectivity index (χ3v) is 2.78. The minimum absolute atomic E-state index is 1.25. The second kappa shape index (κ2) is 7.57. The van der Waals surface area contributed by atoms with Crippen molar-refractivity contribution in [3.05, 3.63) is 33.3 Å². The van der Waals surface area contributed by atoms with E-state index in [9.17, 15) is 0 Å². The molecule has 0 N–H and O–H groups in total. The first-order chi connectivity index (χ1) is 6.71. The zero-order chi connectivity index (χ0) is 11.0. The molecule has 1 heterocycles. The molecule has 0 amide bonds. The molecule has 0 unspecified atom stereocenters. The van der Waals surface area contributed by atoms with Gasteiger partial charge in [-0.25, -0.2) is 0 Å². The van der Waals surface area contributed by atoms with E-state index >= 15 is 0 Å². The van der Waals surface area contributed by atoms with Crippen LogP contribution in [0, 0.1) is 6.92 Å². The number of thiophene rings is 1. The first kappa shape index (κ1) is 13.2. The van der Waals surface area contributed by atoms with Crippen LogP contribution in [0.3, 0.4) is 0 Å². The summed E-state index contributed by atoms with van der Waals surface area (Å²) in [5.74, 6) is 0. The second-order valence-corrected chi connectivity index (χ2v) is 4.01. The molecule has 0 saturated carbocycles. The van der Waals surface area contributed by atoms with Gasteiger partial charge >= 0.3 is 0 Å². The SMILES string of the molecule is C=C/C=c1/c(C)cs/c1=C/C.CCC. The Hall–Kier alpha value is -0.820. The number of hydrogen-bond acceptors (Lipinski definition) is 1. The molecular weight excluding hydrogens is 188 g/mol. The average molecular weight is 208 g/mol. The smallest absolute Gasteiger partial charge is 0.0302 e. The summed E-state index contributed by atoms with van der Waals surface area (Å²) in [7, 11) is 0. The lowest BCUT2D eigenvalue weighted by atomic mass is 10.2. The Kier molecular flexibility index (Phi) is 7.13. The van der Waals surface area contributed by atoms with Crippen molar-refractivity contribution in [3.8, 4) is 0 Å². The molecular formula is C13H20S. The van der Waals surface area contributed by atoms with Gasteiger partial charge in [-0.15, -0.1) is 11.3 Å². The van der Waals surface area contributed by atoms with Crippen LogP contribution in [0.2, 0.25) is 0 Å². The summed E-state index contributed by atoms with van der Waals surface area (Å²) >= 11 is 1.78. The highest BCUT2D eigenvalue weighted by molar-refractivity contribution is 7.07. The topological polar surface area (TPSA) is 0 Å². The van der Waals surface area contributed by atoms with Crippen molar-refractivity contribution < 1.29 is 0 Å². The van der Waals surface area contributed by atoms with E-state index in [2.05, 4.69) is 51.8 Å². The molecule has 0 fully saturated rings. The van der Waals surface area contributed by atoms with Crippen molar-refractivity contribution in [1.29, 1.82) is 0 Å². The molecule has 0 aromatic carbocycles. The highest BCUT2D eigenvalue weighted by Gasteiger charge is 1.90. The normalized spacial score (nSPS) is 12.3. The third kappa shape index (κ3) is 3.93. The molecule has 14 heavy (non-hydrogen) atoms. The summed E-state index contributed by atoms with van der Waals surface area (Å²) in [4.78, 5) is 0. The van der Waals surface area contributed by atoms with Crippen molar-refractivity contribution in [2.24, 2.45) is 0 Å². The minimum atomic E-state index is 1.25. The summed E-state index contributed by atoms with van der Waals surface area (Å²) in [5, 5.41) is 3.48. The first-order valence-corrected chi connectivity index (χ1v) is 5.92. The van der Waals surface area contributed by atoms with Crippen LogP contribution in [-0.2, 0) is 0 Å². The molecule has 1 aromatic rings. The fraction of sp³-hybridized carbons (Fsp3) is 0.385. The van der Waals surface area contributed by atoms with Crippen molar-refractivity contribution in [2.75, 3.05) is 0 Å². The third-order valence-electron chi connectivity index (χ3n) is 1.60. The second-order valence-electron chi connectivity index (χ2n) is 3.09. The summed E-state index contributed by atoms with van der Waals surface area (Å²) in [5.41, 5.74) is 1.34. The monoisotopic (exact) mass is 208 g/mol. The van der Waals surface area contributed by atoms with E-state index < -0.39 is 0 Å². The summed E-state index contributed by atoms with van der Waals surface area (Å²) < 4.78 is 1.34. The van der Waals surface area contributed by atoms with Gasteiger partial charge in [-0.2, -0.15) is 0 Å². The van der Waals surface area contributed by atoms with Gasteiger partial charge in [-0.1, -0.05) is 45.1 Å². The first-order valence-electron chi connectivity index (χ1n) is 5.04. The van der Waals surface area contributed by atoms with Crippen LogP contribution in [-0.4, -0.2) is 0 Å². The number of allylic oxidation sites excluding steroid dienone is 1. The Bertz CT molecular complexity index is 368. The van der Waals surface area contributed by atoms with Crippen LogP contribution >= 0.6 is 11.3 Å². The van der Waals surface area contributed by atoms with Crippen LogP contribution in [0.1, 0.15) is 32.8 Å². The average Bonchev–Trinajstić information content (AvgIpc) is 2.50. The molecule has 0 aliphatic carbocycles. The Labute approximate surface area is 91.3 Å². The molecule has 0 aliphatic rings. The minimum Gasteiger partial charge on any atom is -0.144 e. The molecule has 0 radical (unpaired) electrons. The Morgan fingerprint density at radius 1 is 1.43 bits per heavy atom. The van der Waals surface area contributed by atoms with Crippen LogP contribution in [0.25, 0.3) is 12.2 Å². The predicted octanol–water partition coefficient (Wildman–Crippen LogP) is 3.24. The number of aryl methyl sites for hydroxylation is 1. The Morgan fingerprint density at radius 2 is 2.00 bits per heavy atom. The molecule has 0 bridgehead atoms. The maximum absolute atomic E-state index is 3.69. The van der Waals surface area contributed by atoms with E-state index in [1.807, 2.05) is 6.08 Å². The van der Waals surface area contributed by atoms with E-state index in [-0.39, 0.29) is 0 Å². The van der Waals surface area contributed by atoms with Crippen LogP contribution in [0.5, 0.6) is 0 Å². The summed E-state index contributed by atoms with van der Waals surface area (Å²) in [6.45, 7) is 12.1. The van der Waals surface area contributed by atoms with Crippen molar-refractivity contribution in [3.63, 3.8) is 0 Å². The van der Waals surface area contributed by atoms with Gasteiger partial charge in [0.25, 0.3) is 0 Å². The molecule has 1 rings (SSSR count). The number of rotatable bonds is 1. The molecule has 0 nitrogen and oxygen atoms in total. The van der Waals surface area contributed by atoms with Crippen molar-refractivity contribution in [1.82, 2.24) is 0 Å². The van der Waals surface area contributed by atoms with Gasteiger partial charge in [0, 0.05) is 4.53 Å². The van der Waals surface area contributed by atoms with Gasteiger partial charge < -0.3 is 0 Å². The summed E-state index contributed by atoms with van der Waals surface area (Å²) in [6, 6.07) is 0.